The van der Waals surface area contributed by atoms with Crippen LogP contribution < -0.4 is 5.73 Å². The van der Waals surface area contributed by atoms with Crippen molar-refractivity contribution in [3.05, 3.63) is 0 Å². The first-order valence-corrected chi connectivity index (χ1v) is 7.08. The van der Waals surface area contributed by atoms with Gasteiger partial charge in [-0.2, -0.15) is 0 Å². The minimum atomic E-state index is 0.628. The molecule has 0 saturated heterocycles. The van der Waals surface area contributed by atoms with Crippen molar-refractivity contribution in [3.63, 3.8) is 0 Å². The van der Waals surface area contributed by atoms with Crippen LogP contribution in [0, 0.1) is 17.8 Å². The van der Waals surface area contributed by atoms with Crippen LogP contribution in [0.4, 0.5) is 0 Å². The van der Waals surface area contributed by atoms with Gasteiger partial charge in [-0.15, -0.1) is 0 Å². The summed E-state index contributed by atoms with van der Waals surface area (Å²) in [5.74, 6) is 2.24. The highest BCUT2D eigenvalue weighted by molar-refractivity contribution is 4.72. The summed E-state index contributed by atoms with van der Waals surface area (Å²) in [6.45, 7) is 9.29. The molecule has 1 fully saturated rings. The van der Waals surface area contributed by atoms with E-state index in [4.69, 9.17) is 10.5 Å². The third-order valence-corrected chi connectivity index (χ3v) is 3.38. The van der Waals surface area contributed by atoms with Gasteiger partial charge in [-0.25, -0.2) is 0 Å². The second-order valence-electron chi connectivity index (χ2n) is 6.01. The monoisotopic (exact) mass is 242 g/mol. The third kappa shape index (κ3) is 7.74. The molecule has 1 unspecified atom stereocenters. The maximum Gasteiger partial charge on any atom is 0.0593 e. The summed E-state index contributed by atoms with van der Waals surface area (Å²) in [4.78, 5) is 2.35. The molecule has 0 heterocycles. The van der Waals surface area contributed by atoms with Crippen molar-refractivity contribution in [1.29, 1.82) is 0 Å². The Kier molecular flexibility index (Phi) is 7.09. The summed E-state index contributed by atoms with van der Waals surface area (Å²) in [7, 11) is 2.17. The lowest BCUT2D eigenvalue weighted by atomic mass is 9.97. The molecule has 2 N–H and O–H groups in total. The van der Waals surface area contributed by atoms with Gasteiger partial charge >= 0.3 is 0 Å². The molecule has 3 heteroatoms. The molecular weight excluding hydrogens is 212 g/mol. The third-order valence-electron chi connectivity index (χ3n) is 3.38. The fourth-order valence-corrected chi connectivity index (χ4v) is 2.20. The Hall–Kier alpha value is -0.120. The van der Waals surface area contributed by atoms with Crippen molar-refractivity contribution in [3.8, 4) is 0 Å². The minimum Gasteiger partial charge on any atom is -0.380 e. The van der Waals surface area contributed by atoms with Gasteiger partial charge in [0, 0.05) is 19.7 Å². The van der Waals surface area contributed by atoms with Crippen LogP contribution in [0.3, 0.4) is 0 Å². The molecule has 0 amide bonds. The van der Waals surface area contributed by atoms with Crippen molar-refractivity contribution in [2.75, 3.05) is 39.9 Å². The number of nitrogens with two attached hydrogens (primary N) is 1. The van der Waals surface area contributed by atoms with Gasteiger partial charge in [0.1, 0.15) is 0 Å². The average Bonchev–Trinajstić information content (AvgIpc) is 3.06. The van der Waals surface area contributed by atoms with Crippen LogP contribution in [0.2, 0.25) is 0 Å². The molecule has 17 heavy (non-hydrogen) atoms. The fraction of sp³-hybridized carbons (Fsp3) is 1.00. The Morgan fingerprint density at radius 1 is 1.35 bits per heavy atom. The molecule has 3 nitrogen and oxygen atoms in total. The Balaban J connectivity index is 2.01. The summed E-state index contributed by atoms with van der Waals surface area (Å²) in [6.07, 6.45) is 3.97. The van der Waals surface area contributed by atoms with Crippen LogP contribution in [0.25, 0.3) is 0 Å². The molecule has 0 radical (unpaired) electrons. The summed E-state index contributed by atoms with van der Waals surface area (Å²) in [6, 6.07) is 0. The van der Waals surface area contributed by atoms with Crippen molar-refractivity contribution < 1.29 is 4.74 Å². The first-order valence-electron chi connectivity index (χ1n) is 7.08. The topological polar surface area (TPSA) is 38.5 Å². The van der Waals surface area contributed by atoms with Crippen molar-refractivity contribution in [1.82, 2.24) is 4.90 Å². The van der Waals surface area contributed by atoms with E-state index in [2.05, 4.69) is 25.8 Å². The molecule has 0 bridgehead atoms. The van der Waals surface area contributed by atoms with E-state index in [-0.39, 0.29) is 0 Å². The van der Waals surface area contributed by atoms with Gasteiger partial charge in [-0.1, -0.05) is 13.8 Å². The number of hydrogen-bond acceptors (Lipinski definition) is 3. The van der Waals surface area contributed by atoms with Gasteiger partial charge in [0.15, 0.2) is 0 Å². The average molecular weight is 242 g/mol. The molecule has 0 aromatic carbocycles. The lowest BCUT2D eigenvalue weighted by Gasteiger charge is -2.24. The largest absolute Gasteiger partial charge is 0.380 e. The number of hydrogen-bond donors (Lipinski definition) is 1. The molecule has 1 atom stereocenters. The Bertz CT molecular complexity index is 193. The SMILES string of the molecule is CC(C)CC(CN)CN(C)CCOCC1CC1. The molecule has 0 aromatic heterocycles. The minimum absolute atomic E-state index is 0.628. The summed E-state index contributed by atoms with van der Waals surface area (Å²) in [5, 5.41) is 0. The zero-order valence-corrected chi connectivity index (χ0v) is 11.8. The van der Waals surface area contributed by atoms with Crippen LogP contribution in [0.5, 0.6) is 0 Å². The van der Waals surface area contributed by atoms with E-state index in [0.29, 0.717) is 5.92 Å². The Labute approximate surface area is 107 Å². The molecule has 1 rings (SSSR count). The van der Waals surface area contributed by atoms with Crippen LogP contribution in [0.15, 0.2) is 0 Å². The van der Waals surface area contributed by atoms with E-state index in [9.17, 15) is 0 Å². The first-order chi connectivity index (χ1) is 8.11. The summed E-state index contributed by atoms with van der Waals surface area (Å²) in [5.41, 5.74) is 5.81. The van der Waals surface area contributed by atoms with E-state index < -0.39 is 0 Å². The van der Waals surface area contributed by atoms with Crippen molar-refractivity contribution in [2.24, 2.45) is 23.5 Å². The number of rotatable bonds is 10. The van der Waals surface area contributed by atoms with E-state index in [1.807, 2.05) is 0 Å². The van der Waals surface area contributed by atoms with E-state index >= 15 is 0 Å². The van der Waals surface area contributed by atoms with Gasteiger partial charge < -0.3 is 15.4 Å². The zero-order valence-electron chi connectivity index (χ0n) is 11.8. The maximum atomic E-state index is 5.81. The highest BCUT2D eigenvalue weighted by Crippen LogP contribution is 2.28. The van der Waals surface area contributed by atoms with Crippen molar-refractivity contribution >= 4 is 0 Å². The first kappa shape index (κ1) is 14.9. The molecular formula is C14H30N2O. The summed E-state index contributed by atoms with van der Waals surface area (Å²) >= 11 is 0. The van der Waals surface area contributed by atoms with E-state index in [1.54, 1.807) is 0 Å². The number of nitrogens with zero attached hydrogens (tertiary/aromatic N) is 1. The van der Waals surface area contributed by atoms with E-state index in [1.165, 1.54) is 19.3 Å². The molecule has 0 aliphatic heterocycles. The van der Waals surface area contributed by atoms with Crippen molar-refractivity contribution in [2.45, 2.75) is 33.1 Å². The summed E-state index contributed by atoms with van der Waals surface area (Å²) < 4.78 is 5.65. The molecule has 1 aliphatic rings. The van der Waals surface area contributed by atoms with Gasteiger partial charge in [-0.3, -0.25) is 0 Å². The molecule has 0 spiro atoms. The highest BCUT2D eigenvalue weighted by atomic mass is 16.5. The second kappa shape index (κ2) is 8.06. The Morgan fingerprint density at radius 3 is 2.59 bits per heavy atom. The molecule has 0 aromatic rings. The van der Waals surface area contributed by atoms with Gasteiger partial charge in [-0.05, 0) is 50.6 Å². The zero-order chi connectivity index (χ0) is 12.7. The van der Waals surface area contributed by atoms with Crippen LogP contribution in [-0.2, 0) is 4.74 Å². The predicted molar refractivity (Wildman–Crippen MR) is 73.0 cm³/mol. The Morgan fingerprint density at radius 2 is 2.06 bits per heavy atom. The normalized spacial score (nSPS) is 18.0. The predicted octanol–water partition coefficient (Wildman–Crippen LogP) is 1.97. The standard InChI is InChI=1S/C14H30N2O/c1-12(2)8-14(9-15)10-16(3)6-7-17-11-13-4-5-13/h12-14H,4-11,15H2,1-3H3. The van der Waals surface area contributed by atoms with E-state index in [0.717, 1.165) is 44.7 Å². The van der Waals surface area contributed by atoms with Gasteiger partial charge in [0.25, 0.3) is 0 Å². The van der Waals surface area contributed by atoms with Gasteiger partial charge in [0.05, 0.1) is 6.61 Å². The lowest BCUT2D eigenvalue weighted by molar-refractivity contribution is 0.0983. The smallest absolute Gasteiger partial charge is 0.0593 e. The molecule has 1 aliphatic carbocycles. The van der Waals surface area contributed by atoms with Crippen LogP contribution in [0.1, 0.15) is 33.1 Å². The van der Waals surface area contributed by atoms with Crippen LogP contribution in [-0.4, -0.2) is 44.8 Å². The fourth-order valence-electron chi connectivity index (χ4n) is 2.20. The highest BCUT2D eigenvalue weighted by Gasteiger charge is 2.21. The maximum absolute atomic E-state index is 5.81. The number of likely N-dealkylation sites (N-methyl/N-ethyl adjacent to an activating group) is 1. The quantitative estimate of drug-likeness (QED) is 0.595. The molecule has 102 valence electrons. The number of ether oxygens (including phenoxy) is 1. The van der Waals surface area contributed by atoms with Crippen LogP contribution >= 0.6 is 0 Å². The van der Waals surface area contributed by atoms with Gasteiger partial charge in [0.2, 0.25) is 0 Å². The molecule has 1 saturated carbocycles. The lowest BCUT2D eigenvalue weighted by Crippen LogP contribution is -2.33. The second-order valence-corrected chi connectivity index (χ2v) is 6.01.